The van der Waals surface area contributed by atoms with Crippen molar-refractivity contribution in [2.75, 3.05) is 33.3 Å². The molecular weight excluding hydrogens is 460 g/mol. The molecule has 0 aliphatic carbocycles. The van der Waals surface area contributed by atoms with Crippen LogP contribution in [0.4, 0.5) is 0 Å². The molecule has 1 saturated heterocycles. The first kappa shape index (κ1) is 23.9. The molecule has 7 nitrogen and oxygen atoms in total. The van der Waals surface area contributed by atoms with Crippen LogP contribution in [0.3, 0.4) is 0 Å². The number of allylic oxidation sites excluding steroid dienone is 1. The molecule has 33 heavy (non-hydrogen) atoms. The normalized spacial score (nSPS) is 20.8. The van der Waals surface area contributed by atoms with E-state index in [2.05, 4.69) is 15.2 Å². The van der Waals surface area contributed by atoms with Gasteiger partial charge in [0.1, 0.15) is 0 Å². The van der Waals surface area contributed by atoms with Crippen LogP contribution in [-0.4, -0.2) is 60.1 Å². The summed E-state index contributed by atoms with van der Waals surface area (Å²) < 4.78 is 5.08. The van der Waals surface area contributed by atoms with Crippen LogP contribution in [-0.2, 0) is 14.3 Å². The number of thioether (sulfide) groups is 1. The number of fused-ring (bicyclic) bond motifs is 1. The second-order valence-corrected chi connectivity index (χ2v) is 9.58. The van der Waals surface area contributed by atoms with Gasteiger partial charge in [0.2, 0.25) is 5.91 Å². The van der Waals surface area contributed by atoms with Crippen molar-refractivity contribution in [2.45, 2.75) is 38.6 Å². The van der Waals surface area contributed by atoms with E-state index in [0.29, 0.717) is 22.8 Å². The van der Waals surface area contributed by atoms with Gasteiger partial charge in [0, 0.05) is 23.8 Å². The smallest absolute Gasteiger partial charge is 0.338 e. The van der Waals surface area contributed by atoms with Gasteiger partial charge >= 0.3 is 5.97 Å². The molecule has 3 aliphatic heterocycles. The molecule has 4 rings (SSSR count). The number of amides is 1. The number of ether oxygens (including phenoxy) is 1. The summed E-state index contributed by atoms with van der Waals surface area (Å²) in [5, 5.41) is 6.24. The lowest BCUT2D eigenvalue weighted by Gasteiger charge is -2.36. The van der Waals surface area contributed by atoms with E-state index >= 15 is 0 Å². The van der Waals surface area contributed by atoms with E-state index in [1.54, 1.807) is 13.0 Å². The fraction of sp³-hybridized carbons (Fsp3) is 0.458. The summed E-state index contributed by atoms with van der Waals surface area (Å²) in [4.78, 5) is 34.5. The number of nitrogens with zero attached hydrogens (tertiary/aromatic N) is 3. The van der Waals surface area contributed by atoms with Gasteiger partial charge in [-0.25, -0.2) is 9.79 Å². The summed E-state index contributed by atoms with van der Waals surface area (Å²) in [5.41, 5.74) is 2.57. The monoisotopic (exact) mass is 488 g/mol. The molecule has 0 saturated carbocycles. The van der Waals surface area contributed by atoms with Gasteiger partial charge < -0.3 is 19.9 Å². The lowest BCUT2D eigenvalue weighted by molar-refractivity contribution is -0.136. The zero-order valence-electron chi connectivity index (χ0n) is 19.0. The van der Waals surface area contributed by atoms with Crippen molar-refractivity contribution in [1.82, 2.24) is 15.1 Å². The van der Waals surface area contributed by atoms with E-state index in [1.165, 1.54) is 38.1 Å². The molecule has 9 heteroatoms. The largest absolute Gasteiger partial charge is 0.466 e. The van der Waals surface area contributed by atoms with Crippen LogP contribution in [0.25, 0.3) is 0 Å². The average Bonchev–Trinajstić information content (AvgIpc) is 3.20. The number of hydrogen-bond donors (Lipinski definition) is 1. The second kappa shape index (κ2) is 10.8. The Bertz CT molecular complexity index is 1020. The summed E-state index contributed by atoms with van der Waals surface area (Å²) in [5.74, 6) is -0.508. The average molecular weight is 489 g/mol. The Labute approximate surface area is 203 Å². The van der Waals surface area contributed by atoms with E-state index in [-0.39, 0.29) is 12.3 Å². The molecule has 1 fully saturated rings. The third-order valence-corrected chi connectivity index (χ3v) is 7.38. The first-order valence-corrected chi connectivity index (χ1v) is 12.5. The minimum atomic E-state index is -0.513. The van der Waals surface area contributed by atoms with Crippen LogP contribution in [0.1, 0.15) is 44.2 Å². The number of likely N-dealkylation sites (tertiary alicyclic amines) is 1. The number of esters is 1. The van der Waals surface area contributed by atoms with Gasteiger partial charge in [-0.3, -0.25) is 4.79 Å². The van der Waals surface area contributed by atoms with Crippen LogP contribution in [0, 0.1) is 0 Å². The van der Waals surface area contributed by atoms with Gasteiger partial charge in [-0.1, -0.05) is 48.0 Å². The van der Waals surface area contributed by atoms with Gasteiger partial charge in [-0.15, -0.1) is 0 Å². The highest BCUT2D eigenvalue weighted by molar-refractivity contribution is 8.16. The molecule has 0 bridgehead atoms. The van der Waals surface area contributed by atoms with Crippen LogP contribution < -0.4 is 5.32 Å². The summed E-state index contributed by atoms with van der Waals surface area (Å²) in [6, 6.07) is 6.92. The first-order valence-electron chi connectivity index (χ1n) is 11.3. The van der Waals surface area contributed by atoms with Gasteiger partial charge in [-0.2, -0.15) is 0 Å². The highest BCUT2D eigenvalue weighted by Gasteiger charge is 2.41. The van der Waals surface area contributed by atoms with Crippen molar-refractivity contribution in [1.29, 1.82) is 0 Å². The molecule has 3 heterocycles. The van der Waals surface area contributed by atoms with Gasteiger partial charge in [0.15, 0.2) is 5.17 Å². The molecule has 0 aromatic heterocycles. The van der Waals surface area contributed by atoms with E-state index in [4.69, 9.17) is 16.3 Å². The van der Waals surface area contributed by atoms with Crippen LogP contribution in [0.5, 0.6) is 0 Å². The molecule has 1 atom stereocenters. The minimum Gasteiger partial charge on any atom is -0.466 e. The first-order chi connectivity index (χ1) is 16.0. The van der Waals surface area contributed by atoms with E-state index in [0.717, 1.165) is 36.1 Å². The number of carbonyl (C=O) groups is 2. The molecule has 0 unspecified atom stereocenters. The molecule has 1 aromatic carbocycles. The summed E-state index contributed by atoms with van der Waals surface area (Å²) in [7, 11) is 1.36. The number of hydrogen-bond acceptors (Lipinski definition) is 7. The lowest BCUT2D eigenvalue weighted by atomic mass is 9.94. The lowest BCUT2D eigenvalue weighted by Crippen LogP contribution is -2.40. The van der Waals surface area contributed by atoms with E-state index < -0.39 is 12.0 Å². The second-order valence-electron chi connectivity index (χ2n) is 8.34. The van der Waals surface area contributed by atoms with Crippen molar-refractivity contribution < 1.29 is 14.3 Å². The highest BCUT2D eigenvalue weighted by Crippen LogP contribution is 2.46. The van der Waals surface area contributed by atoms with Gasteiger partial charge in [0.25, 0.3) is 0 Å². The Morgan fingerprint density at radius 3 is 2.73 bits per heavy atom. The molecule has 1 amide bonds. The number of carbonyl (C=O) groups excluding carboxylic acids is 2. The number of methoxy groups -OCH3 is 1. The molecule has 176 valence electrons. The maximum Gasteiger partial charge on any atom is 0.338 e. The minimum absolute atomic E-state index is 0.0519. The van der Waals surface area contributed by atoms with Crippen molar-refractivity contribution in [3.8, 4) is 0 Å². The van der Waals surface area contributed by atoms with Gasteiger partial charge in [-0.05, 0) is 49.9 Å². The fourth-order valence-corrected chi connectivity index (χ4v) is 5.70. The SMILES string of the molecule is COC(=O)C1=C(C)N=C2SC=C(CC(=O)NCCN3CCCCC3)N2[C@H]1c1ccccc1Cl. The Kier molecular flexibility index (Phi) is 7.78. The van der Waals surface area contributed by atoms with Crippen LogP contribution >= 0.6 is 23.4 Å². The topological polar surface area (TPSA) is 74.2 Å². The summed E-state index contributed by atoms with van der Waals surface area (Å²) in [6.45, 7) is 5.50. The molecule has 3 aliphatic rings. The predicted octanol–water partition coefficient (Wildman–Crippen LogP) is 4.08. The molecular formula is C24H29ClN4O3S. The molecule has 1 aromatic rings. The zero-order chi connectivity index (χ0) is 23.4. The predicted molar refractivity (Wildman–Crippen MR) is 132 cm³/mol. The van der Waals surface area contributed by atoms with Crippen molar-refractivity contribution >= 4 is 40.4 Å². The van der Waals surface area contributed by atoms with Crippen LogP contribution in [0.2, 0.25) is 5.02 Å². The number of amidine groups is 1. The Hall–Kier alpha value is -2.29. The number of rotatable bonds is 7. The van der Waals surface area contributed by atoms with E-state index in [1.807, 2.05) is 28.5 Å². The Morgan fingerprint density at radius 2 is 2.00 bits per heavy atom. The molecule has 0 radical (unpaired) electrons. The standard InChI is InChI=1S/C24H29ClN4O3S/c1-16-21(23(31)32-2)22(18-8-4-5-9-19(18)25)29-17(15-33-24(29)27-16)14-20(30)26-10-13-28-11-6-3-7-12-28/h4-5,8-9,15,22H,3,6-7,10-14H2,1-2H3,(H,26,30)/t22-/m0/s1. The fourth-order valence-electron chi connectivity index (χ4n) is 4.50. The van der Waals surface area contributed by atoms with Crippen molar-refractivity contribution in [2.24, 2.45) is 4.99 Å². The number of benzene rings is 1. The van der Waals surface area contributed by atoms with Gasteiger partial charge in [0.05, 0.1) is 30.8 Å². The molecule has 1 N–H and O–H groups in total. The number of piperidine rings is 1. The Morgan fingerprint density at radius 1 is 1.24 bits per heavy atom. The number of nitrogens with one attached hydrogen (secondary N) is 1. The van der Waals surface area contributed by atoms with Crippen LogP contribution in [0.15, 0.2) is 51.6 Å². The quantitative estimate of drug-likeness (QED) is 0.583. The highest BCUT2D eigenvalue weighted by atomic mass is 35.5. The maximum absolute atomic E-state index is 12.8. The third kappa shape index (κ3) is 5.28. The Balaban J connectivity index is 1.52. The molecule has 0 spiro atoms. The summed E-state index contributed by atoms with van der Waals surface area (Å²) >= 11 is 8.00. The third-order valence-electron chi connectivity index (χ3n) is 6.15. The van der Waals surface area contributed by atoms with E-state index in [9.17, 15) is 9.59 Å². The van der Waals surface area contributed by atoms with Crippen molar-refractivity contribution in [3.63, 3.8) is 0 Å². The van der Waals surface area contributed by atoms with Crippen molar-refractivity contribution in [3.05, 3.63) is 57.2 Å². The number of aliphatic imine (C=N–C) groups is 1. The summed E-state index contributed by atoms with van der Waals surface area (Å²) in [6.07, 6.45) is 3.95. The zero-order valence-corrected chi connectivity index (χ0v) is 20.5. The number of halogens is 1. The maximum atomic E-state index is 12.8.